The van der Waals surface area contributed by atoms with E-state index in [9.17, 15) is 10.2 Å². The molecule has 6 nitrogen and oxygen atoms in total. The van der Waals surface area contributed by atoms with E-state index in [2.05, 4.69) is 10.2 Å². The van der Waals surface area contributed by atoms with E-state index in [4.69, 9.17) is 0 Å². The molecular formula is C22H22N4O2. The van der Waals surface area contributed by atoms with E-state index in [1.165, 1.54) is 0 Å². The first-order valence-corrected chi connectivity index (χ1v) is 9.26. The number of para-hydroxylation sites is 2. The molecule has 0 aliphatic heterocycles. The molecular weight excluding hydrogens is 352 g/mol. The average Bonchev–Trinajstić information content (AvgIpc) is 3.37. The third kappa shape index (κ3) is 3.74. The highest BCUT2D eigenvalue weighted by Gasteiger charge is 2.13. The van der Waals surface area contributed by atoms with Gasteiger partial charge in [0.2, 0.25) is 0 Å². The van der Waals surface area contributed by atoms with E-state index in [0.29, 0.717) is 11.4 Å². The predicted octanol–water partition coefficient (Wildman–Crippen LogP) is 2.83. The summed E-state index contributed by atoms with van der Waals surface area (Å²) in [5.41, 5.74) is 5.25. The second-order valence-electron chi connectivity index (χ2n) is 6.56. The largest absolute Gasteiger partial charge is 0.390 e. The van der Waals surface area contributed by atoms with Crippen molar-refractivity contribution in [2.24, 2.45) is 0 Å². The SMILES string of the molecule is OCc1cc(CCc2cc(CO)nn2-c2ccccc2)n(-c2ccccc2)n1. The number of aliphatic hydroxyl groups is 2. The van der Waals surface area contributed by atoms with Gasteiger partial charge in [-0.2, -0.15) is 10.2 Å². The summed E-state index contributed by atoms with van der Waals surface area (Å²) < 4.78 is 3.75. The Morgan fingerprint density at radius 2 is 1.00 bits per heavy atom. The molecule has 0 atom stereocenters. The summed E-state index contributed by atoms with van der Waals surface area (Å²) in [6.45, 7) is -0.188. The van der Waals surface area contributed by atoms with Gasteiger partial charge in [0.25, 0.3) is 0 Å². The van der Waals surface area contributed by atoms with Crippen LogP contribution < -0.4 is 0 Å². The van der Waals surface area contributed by atoms with Crippen molar-refractivity contribution >= 4 is 0 Å². The van der Waals surface area contributed by atoms with Crippen LogP contribution in [0.1, 0.15) is 22.8 Å². The van der Waals surface area contributed by atoms with Crippen molar-refractivity contribution in [3.8, 4) is 11.4 Å². The van der Waals surface area contributed by atoms with Gasteiger partial charge in [0, 0.05) is 11.4 Å². The molecule has 2 aromatic carbocycles. The summed E-state index contributed by atoms with van der Waals surface area (Å²) in [5.74, 6) is 0. The van der Waals surface area contributed by atoms with Gasteiger partial charge in [-0.15, -0.1) is 0 Å². The first-order chi connectivity index (χ1) is 13.8. The van der Waals surface area contributed by atoms with E-state index in [1.54, 1.807) is 0 Å². The maximum absolute atomic E-state index is 9.52. The summed E-state index contributed by atoms with van der Waals surface area (Å²) in [6, 6.07) is 23.7. The van der Waals surface area contributed by atoms with Crippen molar-refractivity contribution in [1.29, 1.82) is 0 Å². The fraction of sp³-hybridized carbons (Fsp3) is 0.182. The minimum absolute atomic E-state index is 0.0938. The number of hydrogen-bond donors (Lipinski definition) is 2. The third-order valence-corrected chi connectivity index (χ3v) is 4.63. The Kier molecular flexibility index (Phi) is 5.32. The number of aryl methyl sites for hydroxylation is 2. The predicted molar refractivity (Wildman–Crippen MR) is 106 cm³/mol. The van der Waals surface area contributed by atoms with Crippen LogP contribution in [0.3, 0.4) is 0 Å². The van der Waals surface area contributed by atoms with E-state index < -0.39 is 0 Å². The van der Waals surface area contributed by atoms with Gasteiger partial charge in [0.15, 0.2) is 0 Å². The molecule has 2 aromatic heterocycles. The highest BCUT2D eigenvalue weighted by Crippen LogP contribution is 2.18. The summed E-state index contributed by atoms with van der Waals surface area (Å²) in [5, 5.41) is 28.1. The summed E-state index contributed by atoms with van der Waals surface area (Å²) in [6.07, 6.45) is 1.45. The fourth-order valence-corrected chi connectivity index (χ4v) is 3.30. The quantitative estimate of drug-likeness (QED) is 0.522. The van der Waals surface area contributed by atoms with Crippen molar-refractivity contribution in [3.05, 3.63) is 95.6 Å². The lowest BCUT2D eigenvalue weighted by Gasteiger charge is -2.09. The lowest BCUT2D eigenvalue weighted by Crippen LogP contribution is -2.07. The second-order valence-corrected chi connectivity index (χ2v) is 6.56. The third-order valence-electron chi connectivity index (χ3n) is 4.63. The maximum atomic E-state index is 9.52. The van der Waals surface area contributed by atoms with Gasteiger partial charge >= 0.3 is 0 Å². The van der Waals surface area contributed by atoms with Crippen LogP contribution in [0.25, 0.3) is 11.4 Å². The van der Waals surface area contributed by atoms with Crippen LogP contribution in [-0.4, -0.2) is 29.8 Å². The Hall–Kier alpha value is -3.22. The molecule has 0 unspecified atom stereocenters. The zero-order valence-corrected chi connectivity index (χ0v) is 15.4. The molecule has 0 saturated heterocycles. The zero-order valence-electron chi connectivity index (χ0n) is 15.4. The van der Waals surface area contributed by atoms with E-state index in [1.807, 2.05) is 82.2 Å². The van der Waals surface area contributed by atoms with Gasteiger partial charge < -0.3 is 10.2 Å². The first kappa shape index (κ1) is 18.2. The molecule has 4 aromatic rings. The van der Waals surface area contributed by atoms with Gasteiger partial charge in [-0.25, -0.2) is 9.36 Å². The Labute approximate surface area is 163 Å². The van der Waals surface area contributed by atoms with Gasteiger partial charge in [-0.1, -0.05) is 36.4 Å². The molecule has 0 bridgehead atoms. The molecule has 0 spiro atoms. The Bertz CT molecular complexity index is 953. The number of hydrogen-bond acceptors (Lipinski definition) is 4. The second kappa shape index (κ2) is 8.21. The molecule has 0 saturated carbocycles. The van der Waals surface area contributed by atoms with E-state index >= 15 is 0 Å². The zero-order chi connectivity index (χ0) is 19.3. The highest BCUT2D eigenvalue weighted by molar-refractivity contribution is 5.35. The number of rotatable bonds is 7. The molecule has 28 heavy (non-hydrogen) atoms. The van der Waals surface area contributed by atoms with Gasteiger partial charge in [0.1, 0.15) is 0 Å². The molecule has 0 radical (unpaired) electrons. The summed E-state index contributed by atoms with van der Waals surface area (Å²) in [4.78, 5) is 0. The Balaban J connectivity index is 1.64. The fourth-order valence-electron chi connectivity index (χ4n) is 3.30. The smallest absolute Gasteiger partial charge is 0.0886 e. The van der Waals surface area contributed by atoms with Crippen LogP contribution in [0.5, 0.6) is 0 Å². The highest BCUT2D eigenvalue weighted by atomic mass is 16.3. The molecule has 0 fully saturated rings. The lowest BCUT2D eigenvalue weighted by atomic mass is 10.1. The molecule has 142 valence electrons. The van der Waals surface area contributed by atoms with Crippen molar-refractivity contribution in [2.75, 3.05) is 0 Å². The number of aromatic nitrogens is 4. The molecule has 0 amide bonds. The standard InChI is InChI=1S/C22H22N4O2/c27-15-17-13-21(25(23-17)19-7-3-1-4-8-19)11-12-22-14-18(16-28)24-26(22)20-9-5-2-6-10-20/h1-10,13-14,27-28H,11-12,15-16H2. The minimum atomic E-state index is -0.0938. The monoisotopic (exact) mass is 374 g/mol. The van der Waals surface area contributed by atoms with Gasteiger partial charge in [-0.3, -0.25) is 0 Å². The molecule has 2 heterocycles. The van der Waals surface area contributed by atoms with E-state index in [0.717, 1.165) is 35.6 Å². The van der Waals surface area contributed by atoms with Crippen molar-refractivity contribution in [2.45, 2.75) is 26.1 Å². The Morgan fingerprint density at radius 1 is 0.607 bits per heavy atom. The molecule has 0 aliphatic rings. The maximum Gasteiger partial charge on any atom is 0.0886 e. The van der Waals surface area contributed by atoms with Crippen LogP contribution >= 0.6 is 0 Å². The van der Waals surface area contributed by atoms with Crippen molar-refractivity contribution in [1.82, 2.24) is 19.6 Å². The number of nitrogens with zero attached hydrogens (tertiary/aromatic N) is 4. The van der Waals surface area contributed by atoms with Crippen LogP contribution in [-0.2, 0) is 26.1 Å². The van der Waals surface area contributed by atoms with Crippen LogP contribution in [0.15, 0.2) is 72.8 Å². The molecule has 6 heteroatoms. The van der Waals surface area contributed by atoms with Gasteiger partial charge in [-0.05, 0) is 49.2 Å². The summed E-state index contributed by atoms with van der Waals surface area (Å²) >= 11 is 0. The van der Waals surface area contributed by atoms with Crippen LogP contribution in [0.2, 0.25) is 0 Å². The lowest BCUT2D eigenvalue weighted by molar-refractivity contribution is 0.276. The summed E-state index contributed by atoms with van der Waals surface area (Å²) in [7, 11) is 0. The number of aliphatic hydroxyl groups excluding tert-OH is 2. The van der Waals surface area contributed by atoms with Gasteiger partial charge in [0.05, 0.1) is 36.0 Å². The molecule has 2 N–H and O–H groups in total. The normalized spacial score (nSPS) is 11.1. The molecule has 0 aliphatic carbocycles. The van der Waals surface area contributed by atoms with E-state index in [-0.39, 0.29) is 13.2 Å². The van der Waals surface area contributed by atoms with Crippen molar-refractivity contribution < 1.29 is 10.2 Å². The Morgan fingerprint density at radius 3 is 1.36 bits per heavy atom. The minimum Gasteiger partial charge on any atom is -0.390 e. The van der Waals surface area contributed by atoms with Crippen molar-refractivity contribution in [3.63, 3.8) is 0 Å². The average molecular weight is 374 g/mol. The van der Waals surface area contributed by atoms with Crippen LogP contribution in [0.4, 0.5) is 0 Å². The first-order valence-electron chi connectivity index (χ1n) is 9.26. The molecule has 4 rings (SSSR count). The van der Waals surface area contributed by atoms with Crippen LogP contribution in [0, 0.1) is 0 Å². The topological polar surface area (TPSA) is 76.1 Å². The number of benzene rings is 2.